The lowest BCUT2D eigenvalue weighted by atomic mass is 9.76. The van der Waals surface area contributed by atoms with Gasteiger partial charge in [0.2, 0.25) is 0 Å². The second-order valence-electron chi connectivity index (χ2n) is 5.16. The molecule has 1 aromatic carbocycles. The van der Waals surface area contributed by atoms with Gasteiger partial charge in [-0.15, -0.1) is 0 Å². The average molecular weight is 202 g/mol. The van der Waals surface area contributed by atoms with E-state index in [0.29, 0.717) is 0 Å². The van der Waals surface area contributed by atoms with Crippen molar-refractivity contribution in [2.75, 3.05) is 0 Å². The fourth-order valence-corrected chi connectivity index (χ4v) is 1.86. The lowest BCUT2D eigenvalue weighted by Gasteiger charge is -2.28. The Kier molecular flexibility index (Phi) is 3.08. The van der Waals surface area contributed by atoms with Gasteiger partial charge in [-0.1, -0.05) is 38.1 Å². The van der Waals surface area contributed by atoms with Gasteiger partial charge in [-0.2, -0.15) is 0 Å². The molecule has 0 unspecified atom stereocenters. The lowest BCUT2D eigenvalue weighted by molar-refractivity contribution is 0.620. The normalized spacial score (nSPS) is 11.6. The van der Waals surface area contributed by atoms with Crippen molar-refractivity contribution in [2.24, 2.45) is 0 Å². The van der Waals surface area contributed by atoms with E-state index < -0.39 is 0 Å². The SMILES string of the molecule is C=C(C)C(C)(C)c1cc(C)c(C)cc1C. The smallest absolute Gasteiger partial charge is 0.0102 e. The van der Waals surface area contributed by atoms with Gasteiger partial charge in [-0.3, -0.25) is 0 Å². The molecule has 0 aliphatic heterocycles. The summed E-state index contributed by atoms with van der Waals surface area (Å²) >= 11 is 0. The van der Waals surface area contributed by atoms with Crippen LogP contribution < -0.4 is 0 Å². The van der Waals surface area contributed by atoms with Crippen LogP contribution in [0.4, 0.5) is 0 Å². The monoisotopic (exact) mass is 202 g/mol. The third-order valence-electron chi connectivity index (χ3n) is 3.58. The van der Waals surface area contributed by atoms with Crippen LogP contribution in [0.1, 0.15) is 43.0 Å². The topological polar surface area (TPSA) is 0 Å². The molecule has 1 aromatic rings. The molecule has 0 saturated carbocycles. The Labute approximate surface area is 94.0 Å². The Morgan fingerprint density at radius 3 is 1.93 bits per heavy atom. The van der Waals surface area contributed by atoms with E-state index in [1.807, 2.05) is 0 Å². The first-order valence-electron chi connectivity index (χ1n) is 5.51. The molecule has 0 aliphatic carbocycles. The maximum Gasteiger partial charge on any atom is 0.0102 e. The van der Waals surface area contributed by atoms with Crippen molar-refractivity contribution >= 4 is 0 Å². The van der Waals surface area contributed by atoms with Crippen molar-refractivity contribution in [3.05, 3.63) is 46.5 Å². The molecule has 82 valence electrons. The number of hydrogen-bond acceptors (Lipinski definition) is 0. The van der Waals surface area contributed by atoms with Crippen LogP contribution in [0.2, 0.25) is 0 Å². The van der Waals surface area contributed by atoms with Gasteiger partial charge in [0.1, 0.15) is 0 Å². The van der Waals surface area contributed by atoms with Gasteiger partial charge >= 0.3 is 0 Å². The number of benzene rings is 1. The van der Waals surface area contributed by atoms with Crippen molar-refractivity contribution in [1.29, 1.82) is 0 Å². The van der Waals surface area contributed by atoms with Gasteiger partial charge in [0.15, 0.2) is 0 Å². The molecular formula is C15H22. The lowest BCUT2D eigenvalue weighted by Crippen LogP contribution is -2.19. The van der Waals surface area contributed by atoms with Crippen molar-refractivity contribution in [2.45, 2.75) is 47.0 Å². The van der Waals surface area contributed by atoms with Gasteiger partial charge in [0, 0.05) is 5.41 Å². The highest BCUT2D eigenvalue weighted by atomic mass is 14.3. The van der Waals surface area contributed by atoms with E-state index in [2.05, 4.69) is 60.3 Å². The highest BCUT2D eigenvalue weighted by molar-refractivity contribution is 5.43. The molecule has 0 N–H and O–H groups in total. The molecule has 0 aliphatic rings. The van der Waals surface area contributed by atoms with Crippen LogP contribution in [-0.2, 0) is 5.41 Å². The van der Waals surface area contributed by atoms with Crippen molar-refractivity contribution in [3.63, 3.8) is 0 Å². The summed E-state index contributed by atoms with van der Waals surface area (Å²) in [6, 6.07) is 4.58. The largest absolute Gasteiger partial charge is 0.0993 e. The third kappa shape index (κ3) is 2.14. The summed E-state index contributed by atoms with van der Waals surface area (Å²) in [6.07, 6.45) is 0. The van der Waals surface area contributed by atoms with E-state index >= 15 is 0 Å². The average Bonchev–Trinajstić information content (AvgIpc) is 2.10. The molecule has 0 atom stereocenters. The van der Waals surface area contributed by atoms with E-state index in [-0.39, 0.29) is 5.41 Å². The number of aryl methyl sites for hydroxylation is 3. The van der Waals surface area contributed by atoms with Crippen LogP contribution in [0.25, 0.3) is 0 Å². The van der Waals surface area contributed by atoms with E-state index in [1.54, 1.807) is 0 Å². The molecule has 0 saturated heterocycles. The van der Waals surface area contributed by atoms with Crippen LogP contribution in [-0.4, -0.2) is 0 Å². The molecule has 0 radical (unpaired) electrons. The standard InChI is InChI=1S/C15H22/c1-10(2)15(6,7)14-9-12(4)11(3)8-13(14)5/h8-9H,1H2,2-7H3. The first kappa shape index (κ1) is 12.0. The second kappa shape index (κ2) is 3.84. The summed E-state index contributed by atoms with van der Waals surface area (Å²) in [5.41, 5.74) is 6.79. The summed E-state index contributed by atoms with van der Waals surface area (Å²) < 4.78 is 0. The number of rotatable bonds is 2. The quantitative estimate of drug-likeness (QED) is 0.621. The highest BCUT2D eigenvalue weighted by Gasteiger charge is 2.23. The Hall–Kier alpha value is -1.04. The van der Waals surface area contributed by atoms with E-state index in [9.17, 15) is 0 Å². The first-order chi connectivity index (χ1) is 6.76. The third-order valence-corrected chi connectivity index (χ3v) is 3.58. The van der Waals surface area contributed by atoms with Crippen LogP contribution in [0.5, 0.6) is 0 Å². The maximum absolute atomic E-state index is 4.10. The molecule has 0 bridgehead atoms. The van der Waals surface area contributed by atoms with Gasteiger partial charge in [0.05, 0.1) is 0 Å². The summed E-state index contributed by atoms with van der Waals surface area (Å²) in [5, 5.41) is 0. The van der Waals surface area contributed by atoms with Crippen LogP contribution in [0.3, 0.4) is 0 Å². The van der Waals surface area contributed by atoms with Gasteiger partial charge in [-0.05, 0) is 49.9 Å². The zero-order valence-electron chi connectivity index (χ0n) is 10.9. The Balaban J connectivity index is 3.38. The van der Waals surface area contributed by atoms with E-state index in [4.69, 9.17) is 0 Å². The van der Waals surface area contributed by atoms with Crippen molar-refractivity contribution in [3.8, 4) is 0 Å². The minimum absolute atomic E-state index is 0.0720. The molecule has 0 heterocycles. The molecule has 0 fully saturated rings. The highest BCUT2D eigenvalue weighted by Crippen LogP contribution is 2.33. The van der Waals surface area contributed by atoms with Crippen LogP contribution in [0, 0.1) is 20.8 Å². The molecule has 1 rings (SSSR count). The summed E-state index contributed by atoms with van der Waals surface area (Å²) in [6.45, 7) is 17.2. The van der Waals surface area contributed by atoms with Gasteiger partial charge < -0.3 is 0 Å². The molecule has 0 spiro atoms. The Morgan fingerprint density at radius 2 is 1.47 bits per heavy atom. The minimum Gasteiger partial charge on any atom is -0.0993 e. The first-order valence-corrected chi connectivity index (χ1v) is 5.51. The molecule has 0 amide bonds. The molecule has 0 aromatic heterocycles. The second-order valence-corrected chi connectivity index (χ2v) is 5.16. The molecular weight excluding hydrogens is 180 g/mol. The molecule has 0 nitrogen and oxygen atoms in total. The maximum atomic E-state index is 4.10. The Morgan fingerprint density at radius 1 is 1.00 bits per heavy atom. The van der Waals surface area contributed by atoms with Crippen molar-refractivity contribution < 1.29 is 0 Å². The van der Waals surface area contributed by atoms with Crippen LogP contribution >= 0.6 is 0 Å². The minimum atomic E-state index is 0.0720. The molecule has 15 heavy (non-hydrogen) atoms. The van der Waals surface area contributed by atoms with Gasteiger partial charge in [-0.25, -0.2) is 0 Å². The van der Waals surface area contributed by atoms with E-state index in [1.165, 1.54) is 27.8 Å². The van der Waals surface area contributed by atoms with E-state index in [0.717, 1.165) is 0 Å². The molecule has 0 heteroatoms. The zero-order chi connectivity index (χ0) is 11.8. The Bertz CT molecular complexity index is 395. The summed E-state index contributed by atoms with van der Waals surface area (Å²) in [5.74, 6) is 0. The number of allylic oxidation sites excluding steroid dienone is 1. The van der Waals surface area contributed by atoms with Crippen molar-refractivity contribution in [1.82, 2.24) is 0 Å². The number of hydrogen-bond donors (Lipinski definition) is 0. The fraction of sp³-hybridized carbons (Fsp3) is 0.467. The predicted octanol–water partition coefficient (Wildman–Crippen LogP) is 4.47. The summed E-state index contributed by atoms with van der Waals surface area (Å²) in [7, 11) is 0. The zero-order valence-corrected chi connectivity index (χ0v) is 10.9. The predicted molar refractivity (Wildman–Crippen MR) is 68.5 cm³/mol. The fourth-order valence-electron chi connectivity index (χ4n) is 1.86. The van der Waals surface area contributed by atoms with Crippen LogP contribution in [0.15, 0.2) is 24.3 Å². The van der Waals surface area contributed by atoms with Gasteiger partial charge in [0.25, 0.3) is 0 Å². The summed E-state index contributed by atoms with van der Waals surface area (Å²) in [4.78, 5) is 0.